The molecular weight excluding hydrogens is 224 g/mol. The Morgan fingerprint density at radius 1 is 1.28 bits per heavy atom. The van der Waals surface area contributed by atoms with E-state index >= 15 is 0 Å². The molecule has 3 nitrogen and oxygen atoms in total. The first-order chi connectivity index (χ1) is 8.81. The maximum absolute atomic E-state index is 5.93. The molecule has 1 fully saturated rings. The summed E-state index contributed by atoms with van der Waals surface area (Å²) in [4.78, 5) is 4.11. The van der Waals surface area contributed by atoms with Gasteiger partial charge in [0.1, 0.15) is 5.75 Å². The second kappa shape index (κ2) is 4.69. The van der Waals surface area contributed by atoms with Crippen LogP contribution in [0.25, 0.3) is 0 Å². The standard InChI is InChI=1S/C15H16N2O/c16-15-6-7-17-10-12(15)8-11-2-1-3-14(9-11)18-13-4-5-13/h1-3,6-7,9-10,13H,4-5,8H2,(H2,16,17). The van der Waals surface area contributed by atoms with Gasteiger partial charge >= 0.3 is 0 Å². The molecule has 1 aromatic heterocycles. The highest BCUT2D eigenvalue weighted by Gasteiger charge is 2.23. The summed E-state index contributed by atoms with van der Waals surface area (Å²) in [7, 11) is 0. The second-order valence-electron chi connectivity index (χ2n) is 4.72. The van der Waals surface area contributed by atoms with E-state index < -0.39 is 0 Å². The van der Waals surface area contributed by atoms with Gasteiger partial charge < -0.3 is 10.5 Å². The predicted molar refractivity (Wildman–Crippen MR) is 71.5 cm³/mol. The van der Waals surface area contributed by atoms with E-state index in [4.69, 9.17) is 10.5 Å². The van der Waals surface area contributed by atoms with E-state index in [-0.39, 0.29) is 0 Å². The van der Waals surface area contributed by atoms with Gasteiger partial charge in [-0.25, -0.2) is 0 Å². The third-order valence-electron chi connectivity index (χ3n) is 3.06. The van der Waals surface area contributed by atoms with E-state index in [2.05, 4.69) is 17.1 Å². The zero-order valence-corrected chi connectivity index (χ0v) is 10.2. The largest absolute Gasteiger partial charge is 0.490 e. The van der Waals surface area contributed by atoms with Gasteiger partial charge in [0.05, 0.1) is 6.10 Å². The lowest BCUT2D eigenvalue weighted by atomic mass is 10.1. The van der Waals surface area contributed by atoms with Crippen molar-refractivity contribution in [2.45, 2.75) is 25.4 Å². The molecule has 2 N–H and O–H groups in total. The van der Waals surface area contributed by atoms with E-state index in [1.807, 2.05) is 24.4 Å². The molecule has 1 saturated carbocycles. The van der Waals surface area contributed by atoms with Crippen molar-refractivity contribution < 1.29 is 4.74 Å². The van der Waals surface area contributed by atoms with Crippen LogP contribution in [-0.4, -0.2) is 11.1 Å². The summed E-state index contributed by atoms with van der Waals surface area (Å²) in [5.41, 5.74) is 8.97. The number of nitrogens with two attached hydrogens (primary N) is 1. The van der Waals surface area contributed by atoms with E-state index in [1.165, 1.54) is 18.4 Å². The lowest BCUT2D eigenvalue weighted by molar-refractivity contribution is 0.303. The van der Waals surface area contributed by atoms with Crippen LogP contribution in [-0.2, 0) is 6.42 Å². The fraction of sp³-hybridized carbons (Fsp3) is 0.267. The Labute approximate surface area is 107 Å². The van der Waals surface area contributed by atoms with Crippen molar-refractivity contribution in [3.05, 3.63) is 53.9 Å². The number of aromatic nitrogens is 1. The monoisotopic (exact) mass is 240 g/mol. The van der Waals surface area contributed by atoms with Crippen LogP contribution in [0.1, 0.15) is 24.0 Å². The predicted octanol–water partition coefficient (Wildman–Crippen LogP) is 2.80. The minimum absolute atomic E-state index is 0.434. The molecule has 1 heterocycles. The van der Waals surface area contributed by atoms with Crippen LogP contribution in [0.4, 0.5) is 5.69 Å². The van der Waals surface area contributed by atoms with E-state index in [0.717, 1.165) is 23.4 Å². The number of hydrogen-bond acceptors (Lipinski definition) is 3. The molecule has 3 heteroatoms. The van der Waals surface area contributed by atoms with Crippen molar-refractivity contribution in [2.24, 2.45) is 0 Å². The number of hydrogen-bond donors (Lipinski definition) is 1. The molecule has 1 aliphatic rings. The number of ether oxygens (including phenoxy) is 1. The van der Waals surface area contributed by atoms with Gasteiger partial charge in [0, 0.05) is 24.5 Å². The molecule has 0 spiro atoms. The van der Waals surface area contributed by atoms with E-state index in [0.29, 0.717) is 6.10 Å². The normalized spacial score (nSPS) is 14.4. The minimum atomic E-state index is 0.434. The third kappa shape index (κ3) is 2.62. The zero-order chi connectivity index (χ0) is 12.4. The molecule has 2 aromatic rings. The van der Waals surface area contributed by atoms with Crippen LogP contribution in [0.3, 0.4) is 0 Å². The highest BCUT2D eigenvalue weighted by Crippen LogP contribution is 2.27. The van der Waals surface area contributed by atoms with E-state index in [9.17, 15) is 0 Å². The molecular formula is C15H16N2O. The molecule has 0 atom stereocenters. The van der Waals surface area contributed by atoms with Gasteiger partial charge in [0.2, 0.25) is 0 Å². The maximum atomic E-state index is 5.93. The minimum Gasteiger partial charge on any atom is -0.490 e. The molecule has 0 aliphatic heterocycles. The van der Waals surface area contributed by atoms with Crippen molar-refractivity contribution >= 4 is 5.69 Å². The summed E-state index contributed by atoms with van der Waals surface area (Å²) in [5.74, 6) is 0.956. The summed E-state index contributed by atoms with van der Waals surface area (Å²) in [6.07, 6.45) is 7.12. The van der Waals surface area contributed by atoms with Crippen LogP contribution in [0, 0.1) is 0 Å². The van der Waals surface area contributed by atoms with Crippen molar-refractivity contribution in [1.82, 2.24) is 4.98 Å². The number of anilines is 1. The Morgan fingerprint density at radius 2 is 2.17 bits per heavy atom. The summed E-state index contributed by atoms with van der Waals surface area (Å²) in [5, 5.41) is 0. The summed E-state index contributed by atoms with van der Waals surface area (Å²) in [6.45, 7) is 0. The molecule has 3 rings (SSSR count). The molecule has 0 unspecified atom stereocenters. The van der Waals surface area contributed by atoms with Crippen LogP contribution < -0.4 is 10.5 Å². The number of nitrogen functional groups attached to an aromatic ring is 1. The molecule has 0 amide bonds. The Bertz CT molecular complexity index is 550. The Morgan fingerprint density at radius 3 is 2.94 bits per heavy atom. The highest BCUT2D eigenvalue weighted by atomic mass is 16.5. The van der Waals surface area contributed by atoms with Gasteiger partial charge in [-0.15, -0.1) is 0 Å². The molecule has 0 bridgehead atoms. The Kier molecular flexibility index (Phi) is 2.89. The van der Waals surface area contributed by atoms with Gasteiger partial charge in [-0.3, -0.25) is 4.98 Å². The third-order valence-corrected chi connectivity index (χ3v) is 3.06. The van der Waals surface area contributed by atoms with Crippen LogP contribution in [0.15, 0.2) is 42.7 Å². The number of benzene rings is 1. The molecule has 1 aliphatic carbocycles. The molecule has 0 radical (unpaired) electrons. The lowest BCUT2D eigenvalue weighted by Crippen LogP contribution is -1.98. The first kappa shape index (κ1) is 11.1. The first-order valence-corrected chi connectivity index (χ1v) is 6.25. The molecule has 18 heavy (non-hydrogen) atoms. The molecule has 92 valence electrons. The smallest absolute Gasteiger partial charge is 0.120 e. The lowest BCUT2D eigenvalue weighted by Gasteiger charge is -2.08. The first-order valence-electron chi connectivity index (χ1n) is 6.25. The fourth-order valence-electron chi connectivity index (χ4n) is 1.91. The van der Waals surface area contributed by atoms with Crippen molar-refractivity contribution in [1.29, 1.82) is 0 Å². The van der Waals surface area contributed by atoms with Crippen molar-refractivity contribution in [3.8, 4) is 5.75 Å². The zero-order valence-electron chi connectivity index (χ0n) is 10.2. The second-order valence-corrected chi connectivity index (χ2v) is 4.72. The SMILES string of the molecule is Nc1ccncc1Cc1cccc(OC2CC2)c1. The Balaban J connectivity index is 1.77. The number of nitrogens with zero attached hydrogens (tertiary/aromatic N) is 1. The van der Waals surface area contributed by atoms with E-state index in [1.54, 1.807) is 6.20 Å². The summed E-state index contributed by atoms with van der Waals surface area (Å²) in [6, 6.07) is 10.0. The van der Waals surface area contributed by atoms with Crippen molar-refractivity contribution in [2.75, 3.05) is 5.73 Å². The van der Waals surface area contributed by atoms with Gasteiger partial charge in [0.15, 0.2) is 0 Å². The van der Waals surface area contributed by atoms with Crippen molar-refractivity contribution in [3.63, 3.8) is 0 Å². The summed E-state index contributed by atoms with van der Waals surface area (Å²) >= 11 is 0. The topological polar surface area (TPSA) is 48.1 Å². The van der Waals surface area contributed by atoms with Gasteiger partial charge in [-0.2, -0.15) is 0 Å². The van der Waals surface area contributed by atoms with Gasteiger partial charge in [0.25, 0.3) is 0 Å². The summed E-state index contributed by atoms with van der Waals surface area (Å²) < 4.78 is 5.79. The maximum Gasteiger partial charge on any atom is 0.120 e. The van der Waals surface area contributed by atoms with Crippen LogP contribution in [0.5, 0.6) is 5.75 Å². The Hall–Kier alpha value is -2.03. The average molecular weight is 240 g/mol. The number of rotatable bonds is 4. The average Bonchev–Trinajstić information content (AvgIpc) is 3.17. The van der Waals surface area contributed by atoms with Gasteiger partial charge in [-0.05, 0) is 42.2 Å². The van der Waals surface area contributed by atoms with Gasteiger partial charge in [-0.1, -0.05) is 12.1 Å². The van der Waals surface area contributed by atoms with Crippen LogP contribution in [0.2, 0.25) is 0 Å². The highest BCUT2D eigenvalue weighted by molar-refractivity contribution is 5.47. The fourth-order valence-corrected chi connectivity index (χ4v) is 1.91. The quantitative estimate of drug-likeness (QED) is 0.894. The molecule has 1 aromatic carbocycles. The van der Waals surface area contributed by atoms with Crippen LogP contribution >= 0.6 is 0 Å². The molecule has 0 saturated heterocycles. The number of pyridine rings is 1.